The zero-order chi connectivity index (χ0) is 19.9. The van der Waals surface area contributed by atoms with Gasteiger partial charge in [0.05, 0.1) is 18.8 Å². The van der Waals surface area contributed by atoms with Crippen molar-refractivity contribution in [3.8, 4) is 0 Å². The molecule has 9 heteroatoms. The minimum Gasteiger partial charge on any atom is -0.359 e. The van der Waals surface area contributed by atoms with Gasteiger partial charge in [-0.1, -0.05) is 19.0 Å². The number of likely N-dealkylation sites (tertiary alicyclic amines) is 1. The lowest BCUT2D eigenvalue weighted by atomic mass is 10.1. The lowest BCUT2D eigenvalue weighted by Gasteiger charge is -2.37. The fourth-order valence-corrected chi connectivity index (χ4v) is 3.74. The van der Waals surface area contributed by atoms with Crippen LogP contribution in [0, 0.1) is 0 Å². The van der Waals surface area contributed by atoms with Gasteiger partial charge < -0.3 is 19.6 Å². The Morgan fingerprint density at radius 1 is 1.14 bits per heavy atom. The molecule has 0 spiro atoms. The molecule has 2 saturated heterocycles. The van der Waals surface area contributed by atoms with Gasteiger partial charge in [0.25, 0.3) is 0 Å². The van der Waals surface area contributed by atoms with Gasteiger partial charge in [0.1, 0.15) is 0 Å². The maximum Gasteiger partial charge on any atom is 0.236 e. The standard InChI is InChI=1S/C20H34N6O2.HI/c1-16(2)18-13-17(28-23-18)14-22-20(21-3)26-11-9-24(10-12-26)15-19(27)25-7-5-4-6-8-25;/h13,16H,4-12,14-15H2,1-3H3,(H,21,22);1H. The second kappa shape index (κ2) is 11.7. The van der Waals surface area contributed by atoms with Crippen LogP contribution in [0.1, 0.15) is 50.5 Å². The predicted molar refractivity (Wildman–Crippen MR) is 125 cm³/mol. The van der Waals surface area contributed by atoms with Crippen molar-refractivity contribution < 1.29 is 9.32 Å². The summed E-state index contributed by atoms with van der Waals surface area (Å²) in [6.07, 6.45) is 3.54. The Morgan fingerprint density at radius 3 is 2.41 bits per heavy atom. The SMILES string of the molecule is CN=C(NCc1cc(C(C)C)no1)N1CCN(CC(=O)N2CCCCC2)CC1.I. The first-order chi connectivity index (χ1) is 13.6. The van der Waals surface area contributed by atoms with E-state index in [1.165, 1.54) is 6.42 Å². The molecular weight excluding hydrogens is 483 g/mol. The molecule has 3 rings (SSSR count). The molecule has 2 aliphatic rings. The number of aliphatic imine (C=N–C) groups is 1. The van der Waals surface area contributed by atoms with Gasteiger partial charge in [-0.2, -0.15) is 0 Å². The Kier molecular flexibility index (Phi) is 9.67. The van der Waals surface area contributed by atoms with E-state index in [-0.39, 0.29) is 29.9 Å². The molecule has 1 amide bonds. The number of halogens is 1. The summed E-state index contributed by atoms with van der Waals surface area (Å²) in [4.78, 5) is 23.4. The first-order valence-electron chi connectivity index (χ1n) is 10.5. The molecule has 0 aromatic carbocycles. The summed E-state index contributed by atoms with van der Waals surface area (Å²) < 4.78 is 5.39. The van der Waals surface area contributed by atoms with Crippen molar-refractivity contribution in [1.29, 1.82) is 0 Å². The fraction of sp³-hybridized carbons (Fsp3) is 0.750. The average Bonchev–Trinajstić information content (AvgIpc) is 3.20. The van der Waals surface area contributed by atoms with Crippen LogP contribution in [0.5, 0.6) is 0 Å². The molecule has 8 nitrogen and oxygen atoms in total. The minimum absolute atomic E-state index is 0. The Morgan fingerprint density at radius 2 is 1.83 bits per heavy atom. The summed E-state index contributed by atoms with van der Waals surface area (Å²) in [6, 6.07) is 2.00. The summed E-state index contributed by atoms with van der Waals surface area (Å²) >= 11 is 0. The molecule has 2 aliphatic heterocycles. The maximum absolute atomic E-state index is 12.5. The number of nitrogens with zero attached hydrogens (tertiary/aromatic N) is 5. The van der Waals surface area contributed by atoms with Crippen molar-refractivity contribution in [3.63, 3.8) is 0 Å². The minimum atomic E-state index is 0. The number of nitrogens with one attached hydrogen (secondary N) is 1. The van der Waals surface area contributed by atoms with E-state index in [1.807, 2.05) is 11.0 Å². The smallest absolute Gasteiger partial charge is 0.236 e. The highest BCUT2D eigenvalue weighted by Gasteiger charge is 2.24. The number of aromatic nitrogens is 1. The third-order valence-corrected chi connectivity index (χ3v) is 5.54. The number of guanidine groups is 1. The van der Waals surface area contributed by atoms with Crippen molar-refractivity contribution in [2.75, 3.05) is 52.9 Å². The van der Waals surface area contributed by atoms with Gasteiger partial charge in [0, 0.05) is 52.4 Å². The maximum atomic E-state index is 12.5. The molecule has 3 heterocycles. The summed E-state index contributed by atoms with van der Waals surface area (Å²) in [6.45, 7) is 10.6. The van der Waals surface area contributed by atoms with Gasteiger partial charge in [0.15, 0.2) is 11.7 Å². The number of carbonyl (C=O) groups is 1. The quantitative estimate of drug-likeness (QED) is 0.366. The Labute approximate surface area is 191 Å². The van der Waals surface area contributed by atoms with Crippen LogP contribution < -0.4 is 5.32 Å². The first-order valence-corrected chi connectivity index (χ1v) is 10.5. The van der Waals surface area contributed by atoms with Gasteiger partial charge in [-0.15, -0.1) is 24.0 Å². The summed E-state index contributed by atoms with van der Waals surface area (Å²) in [5, 5.41) is 7.46. The number of amides is 1. The molecule has 0 saturated carbocycles. The van der Waals surface area contributed by atoms with E-state index in [0.717, 1.165) is 69.5 Å². The van der Waals surface area contributed by atoms with Crippen LogP contribution in [0.15, 0.2) is 15.6 Å². The third kappa shape index (κ3) is 6.84. The lowest BCUT2D eigenvalue weighted by Crippen LogP contribution is -2.54. The van der Waals surface area contributed by atoms with Gasteiger partial charge in [0.2, 0.25) is 5.91 Å². The van der Waals surface area contributed by atoms with Gasteiger partial charge in [-0.25, -0.2) is 0 Å². The largest absolute Gasteiger partial charge is 0.359 e. The van der Waals surface area contributed by atoms with Crippen molar-refractivity contribution in [3.05, 3.63) is 17.5 Å². The number of hydrogen-bond acceptors (Lipinski definition) is 5. The number of rotatable bonds is 5. The van der Waals surface area contributed by atoms with Gasteiger partial charge in [-0.3, -0.25) is 14.7 Å². The molecule has 0 atom stereocenters. The zero-order valence-electron chi connectivity index (χ0n) is 17.9. The predicted octanol–water partition coefficient (Wildman–Crippen LogP) is 2.12. The van der Waals surface area contributed by atoms with E-state index in [1.54, 1.807) is 7.05 Å². The number of piperazine rings is 1. The Hall–Kier alpha value is -1.36. The molecule has 2 fully saturated rings. The zero-order valence-corrected chi connectivity index (χ0v) is 20.2. The highest BCUT2D eigenvalue weighted by atomic mass is 127. The highest BCUT2D eigenvalue weighted by Crippen LogP contribution is 2.14. The van der Waals surface area contributed by atoms with E-state index in [9.17, 15) is 4.79 Å². The molecule has 29 heavy (non-hydrogen) atoms. The van der Waals surface area contributed by atoms with Crippen molar-refractivity contribution in [2.45, 2.75) is 45.6 Å². The molecule has 1 N–H and O–H groups in total. The van der Waals surface area contributed by atoms with Crippen LogP contribution >= 0.6 is 24.0 Å². The lowest BCUT2D eigenvalue weighted by molar-refractivity contribution is -0.133. The van der Waals surface area contributed by atoms with Crippen LogP contribution in [0.25, 0.3) is 0 Å². The van der Waals surface area contributed by atoms with Crippen LogP contribution in [-0.2, 0) is 11.3 Å². The first kappa shape index (κ1) is 23.9. The van der Waals surface area contributed by atoms with Crippen LogP contribution in [0.3, 0.4) is 0 Å². The summed E-state index contributed by atoms with van der Waals surface area (Å²) in [5.74, 6) is 2.32. The normalized spacial score (nSPS) is 18.7. The number of hydrogen-bond donors (Lipinski definition) is 1. The Bertz CT molecular complexity index is 664. The molecule has 1 aromatic heterocycles. The van der Waals surface area contributed by atoms with Crippen LogP contribution in [-0.4, -0.2) is 84.6 Å². The van der Waals surface area contributed by atoms with E-state index < -0.39 is 0 Å². The molecule has 164 valence electrons. The number of carbonyl (C=O) groups excluding carboxylic acids is 1. The molecular formula is C20H35IN6O2. The van der Waals surface area contributed by atoms with Crippen molar-refractivity contribution >= 4 is 35.8 Å². The van der Waals surface area contributed by atoms with E-state index in [4.69, 9.17) is 4.52 Å². The molecule has 0 unspecified atom stereocenters. The van der Waals surface area contributed by atoms with E-state index in [2.05, 4.69) is 39.1 Å². The fourth-order valence-electron chi connectivity index (χ4n) is 3.74. The summed E-state index contributed by atoms with van der Waals surface area (Å²) in [5.41, 5.74) is 0.971. The van der Waals surface area contributed by atoms with Gasteiger partial charge >= 0.3 is 0 Å². The van der Waals surface area contributed by atoms with Crippen LogP contribution in [0.4, 0.5) is 0 Å². The summed E-state index contributed by atoms with van der Waals surface area (Å²) in [7, 11) is 1.80. The molecule has 0 aliphatic carbocycles. The molecule has 0 bridgehead atoms. The van der Waals surface area contributed by atoms with Crippen LogP contribution in [0.2, 0.25) is 0 Å². The monoisotopic (exact) mass is 518 g/mol. The third-order valence-electron chi connectivity index (χ3n) is 5.54. The highest BCUT2D eigenvalue weighted by molar-refractivity contribution is 14.0. The average molecular weight is 518 g/mol. The van der Waals surface area contributed by atoms with Crippen molar-refractivity contribution in [2.24, 2.45) is 4.99 Å². The second-order valence-electron chi connectivity index (χ2n) is 7.98. The van der Waals surface area contributed by atoms with E-state index >= 15 is 0 Å². The number of piperidine rings is 1. The molecule has 0 radical (unpaired) electrons. The van der Waals surface area contributed by atoms with Crippen molar-refractivity contribution in [1.82, 2.24) is 25.2 Å². The second-order valence-corrected chi connectivity index (χ2v) is 7.98. The molecule has 1 aromatic rings. The van der Waals surface area contributed by atoms with Gasteiger partial charge in [-0.05, 0) is 25.2 Å². The Balaban J connectivity index is 0.00000300. The van der Waals surface area contributed by atoms with E-state index in [0.29, 0.717) is 19.0 Å². The topological polar surface area (TPSA) is 77.2 Å².